The van der Waals surface area contributed by atoms with E-state index >= 15 is 0 Å². The van der Waals surface area contributed by atoms with E-state index in [1.807, 2.05) is 11.8 Å². The summed E-state index contributed by atoms with van der Waals surface area (Å²) in [6.07, 6.45) is -1.00. The molecule has 1 saturated heterocycles. The zero-order valence-corrected chi connectivity index (χ0v) is 20.6. The van der Waals surface area contributed by atoms with E-state index in [1.54, 1.807) is 6.07 Å². The number of halogens is 4. The molecule has 0 bridgehead atoms. The number of hydrogen-bond donors (Lipinski definition) is 2. The van der Waals surface area contributed by atoms with E-state index in [2.05, 4.69) is 15.6 Å². The second-order valence-corrected chi connectivity index (χ2v) is 7.94. The molecule has 1 atom stereocenters. The molecule has 1 aliphatic heterocycles. The SMILES string of the molecule is CCNC(=NCCCNC(=O)C1CCC1)N1CCOC(c2cccc(C(F)(F)F)c2)C1.I. The molecule has 1 unspecified atom stereocenters. The van der Waals surface area contributed by atoms with Gasteiger partial charge in [0.15, 0.2) is 5.96 Å². The van der Waals surface area contributed by atoms with E-state index in [0.717, 1.165) is 37.8 Å². The summed E-state index contributed by atoms with van der Waals surface area (Å²) in [5.41, 5.74) is -0.163. The van der Waals surface area contributed by atoms with Crippen LogP contribution in [0.25, 0.3) is 0 Å². The molecule has 0 spiro atoms. The lowest BCUT2D eigenvalue weighted by molar-refractivity contribution is -0.137. The molecule has 32 heavy (non-hydrogen) atoms. The first-order valence-electron chi connectivity index (χ1n) is 11.0. The topological polar surface area (TPSA) is 66.0 Å². The smallest absolute Gasteiger partial charge is 0.370 e. The third kappa shape index (κ3) is 7.50. The summed E-state index contributed by atoms with van der Waals surface area (Å²) in [4.78, 5) is 18.5. The van der Waals surface area contributed by atoms with Crippen LogP contribution in [0.2, 0.25) is 0 Å². The molecule has 1 amide bonds. The van der Waals surface area contributed by atoms with Gasteiger partial charge in [0, 0.05) is 32.1 Å². The average Bonchev–Trinajstić information content (AvgIpc) is 2.71. The van der Waals surface area contributed by atoms with E-state index < -0.39 is 17.8 Å². The molecule has 2 aliphatic rings. The van der Waals surface area contributed by atoms with Crippen LogP contribution < -0.4 is 10.6 Å². The van der Waals surface area contributed by atoms with Crippen molar-refractivity contribution in [3.8, 4) is 0 Å². The Morgan fingerprint density at radius 2 is 2.06 bits per heavy atom. The van der Waals surface area contributed by atoms with Crippen LogP contribution in [-0.2, 0) is 15.7 Å². The van der Waals surface area contributed by atoms with Gasteiger partial charge in [0.25, 0.3) is 0 Å². The predicted molar refractivity (Wildman–Crippen MR) is 128 cm³/mol. The minimum absolute atomic E-state index is 0. The highest BCUT2D eigenvalue weighted by atomic mass is 127. The van der Waals surface area contributed by atoms with E-state index in [0.29, 0.717) is 50.9 Å². The summed E-state index contributed by atoms with van der Waals surface area (Å²) >= 11 is 0. The van der Waals surface area contributed by atoms with Crippen LogP contribution >= 0.6 is 24.0 Å². The third-order valence-corrected chi connectivity index (χ3v) is 5.66. The number of benzene rings is 1. The summed E-state index contributed by atoms with van der Waals surface area (Å²) in [7, 11) is 0. The molecule has 0 radical (unpaired) electrons. The number of rotatable bonds is 7. The Bertz CT molecular complexity index is 772. The number of carbonyl (C=O) groups excluding carboxylic acids is 1. The largest absolute Gasteiger partial charge is 0.416 e. The summed E-state index contributed by atoms with van der Waals surface area (Å²) in [5.74, 6) is 1.04. The number of morpholine rings is 1. The molecule has 1 heterocycles. The van der Waals surface area contributed by atoms with Crippen LogP contribution in [0.4, 0.5) is 13.2 Å². The molecule has 3 rings (SSSR count). The molecule has 2 N–H and O–H groups in total. The van der Waals surface area contributed by atoms with Crippen molar-refractivity contribution >= 4 is 35.8 Å². The first-order valence-corrected chi connectivity index (χ1v) is 11.0. The van der Waals surface area contributed by atoms with Crippen molar-refractivity contribution in [2.75, 3.05) is 39.3 Å². The Morgan fingerprint density at radius 1 is 1.28 bits per heavy atom. The minimum atomic E-state index is -4.38. The fourth-order valence-electron chi connectivity index (χ4n) is 3.67. The number of guanidine groups is 1. The van der Waals surface area contributed by atoms with Crippen molar-refractivity contribution in [1.29, 1.82) is 0 Å². The van der Waals surface area contributed by atoms with Gasteiger partial charge in [-0.3, -0.25) is 9.79 Å². The van der Waals surface area contributed by atoms with Crippen molar-refractivity contribution < 1.29 is 22.7 Å². The van der Waals surface area contributed by atoms with E-state index in [4.69, 9.17) is 4.74 Å². The molecule has 1 saturated carbocycles. The van der Waals surface area contributed by atoms with Gasteiger partial charge in [-0.05, 0) is 43.9 Å². The number of alkyl halides is 3. The van der Waals surface area contributed by atoms with Gasteiger partial charge in [-0.25, -0.2) is 0 Å². The lowest BCUT2D eigenvalue weighted by Crippen LogP contribution is -2.48. The van der Waals surface area contributed by atoms with Crippen molar-refractivity contribution in [2.24, 2.45) is 10.9 Å². The summed E-state index contributed by atoms with van der Waals surface area (Å²) in [6, 6.07) is 5.30. The highest BCUT2D eigenvalue weighted by molar-refractivity contribution is 14.0. The highest BCUT2D eigenvalue weighted by Crippen LogP contribution is 2.32. The molecule has 0 aromatic heterocycles. The van der Waals surface area contributed by atoms with Gasteiger partial charge in [0.2, 0.25) is 5.91 Å². The molecule has 180 valence electrons. The molecule has 10 heteroatoms. The highest BCUT2D eigenvalue weighted by Gasteiger charge is 2.32. The quantitative estimate of drug-likeness (QED) is 0.226. The van der Waals surface area contributed by atoms with Gasteiger partial charge in [0.05, 0.1) is 18.7 Å². The van der Waals surface area contributed by atoms with Gasteiger partial charge in [-0.15, -0.1) is 24.0 Å². The Morgan fingerprint density at radius 3 is 2.72 bits per heavy atom. The number of amides is 1. The number of nitrogens with zero attached hydrogens (tertiary/aromatic N) is 2. The maximum absolute atomic E-state index is 13.1. The normalized spacial score (nSPS) is 19.7. The van der Waals surface area contributed by atoms with Crippen LogP contribution in [0, 0.1) is 5.92 Å². The fourth-order valence-corrected chi connectivity index (χ4v) is 3.67. The molecular formula is C22H32F3IN4O2. The first-order chi connectivity index (χ1) is 14.9. The zero-order chi connectivity index (χ0) is 22.3. The molecule has 1 aliphatic carbocycles. The standard InChI is InChI=1S/C22H31F3N4O2.HI/c1-2-26-21(28-11-5-10-27-20(30)16-6-3-7-16)29-12-13-31-19(15-29)17-8-4-9-18(14-17)22(23,24)25;/h4,8-9,14,16,19H,2-3,5-7,10-13,15H2,1H3,(H,26,28)(H,27,30);1H. The van der Waals surface area contributed by atoms with Crippen LogP contribution in [-0.4, -0.2) is 56.1 Å². The summed E-state index contributed by atoms with van der Waals surface area (Å²) < 4.78 is 44.9. The number of ether oxygens (including phenoxy) is 1. The Labute approximate surface area is 204 Å². The second kappa shape index (κ2) is 12.6. The Kier molecular flexibility index (Phi) is 10.5. The molecular weight excluding hydrogens is 536 g/mol. The van der Waals surface area contributed by atoms with Crippen molar-refractivity contribution in [3.63, 3.8) is 0 Å². The zero-order valence-electron chi connectivity index (χ0n) is 18.3. The monoisotopic (exact) mass is 568 g/mol. The van der Waals surface area contributed by atoms with Crippen LogP contribution in [0.3, 0.4) is 0 Å². The average molecular weight is 568 g/mol. The van der Waals surface area contributed by atoms with Crippen molar-refractivity contribution in [1.82, 2.24) is 15.5 Å². The first kappa shape index (κ1) is 26.7. The maximum atomic E-state index is 13.1. The van der Waals surface area contributed by atoms with Gasteiger partial charge in [-0.2, -0.15) is 13.2 Å². The number of carbonyl (C=O) groups is 1. The molecule has 1 aromatic carbocycles. The number of nitrogens with one attached hydrogen (secondary N) is 2. The number of hydrogen-bond acceptors (Lipinski definition) is 3. The lowest BCUT2D eigenvalue weighted by atomic mass is 9.85. The molecule has 6 nitrogen and oxygen atoms in total. The summed E-state index contributed by atoms with van der Waals surface area (Å²) in [6.45, 7) is 5.24. The number of aliphatic imine (C=N–C) groups is 1. The van der Waals surface area contributed by atoms with E-state index in [1.165, 1.54) is 6.07 Å². The Hall–Kier alpha value is -1.56. The molecule has 1 aromatic rings. The maximum Gasteiger partial charge on any atom is 0.416 e. The minimum Gasteiger partial charge on any atom is -0.370 e. The van der Waals surface area contributed by atoms with Gasteiger partial charge >= 0.3 is 6.18 Å². The van der Waals surface area contributed by atoms with Gasteiger partial charge in [-0.1, -0.05) is 18.6 Å². The van der Waals surface area contributed by atoms with Crippen LogP contribution in [0.5, 0.6) is 0 Å². The van der Waals surface area contributed by atoms with E-state index in [9.17, 15) is 18.0 Å². The molecule has 2 fully saturated rings. The second-order valence-electron chi connectivity index (χ2n) is 7.94. The van der Waals surface area contributed by atoms with Crippen LogP contribution in [0.1, 0.15) is 49.8 Å². The van der Waals surface area contributed by atoms with Gasteiger partial charge < -0.3 is 20.3 Å². The fraction of sp³-hybridized carbons (Fsp3) is 0.636. The summed E-state index contributed by atoms with van der Waals surface area (Å²) in [5, 5.41) is 6.21. The van der Waals surface area contributed by atoms with Crippen LogP contribution in [0.15, 0.2) is 29.3 Å². The van der Waals surface area contributed by atoms with E-state index in [-0.39, 0.29) is 35.8 Å². The Balaban J connectivity index is 0.00000363. The van der Waals surface area contributed by atoms with Crippen molar-refractivity contribution in [3.05, 3.63) is 35.4 Å². The predicted octanol–water partition coefficient (Wildman–Crippen LogP) is 3.97. The lowest BCUT2D eigenvalue weighted by Gasteiger charge is -2.35. The van der Waals surface area contributed by atoms with Gasteiger partial charge in [0.1, 0.15) is 6.10 Å². The third-order valence-electron chi connectivity index (χ3n) is 5.66. The van der Waals surface area contributed by atoms with Crippen molar-refractivity contribution in [2.45, 2.75) is 44.9 Å².